The summed E-state index contributed by atoms with van der Waals surface area (Å²) < 4.78 is 4.98. The van der Waals surface area contributed by atoms with E-state index in [4.69, 9.17) is 10.5 Å². The number of hydrogen-bond donors (Lipinski definition) is 2. The van der Waals surface area contributed by atoms with Gasteiger partial charge >= 0.3 is 0 Å². The Kier molecular flexibility index (Phi) is 4.33. The molecule has 1 amide bonds. The van der Waals surface area contributed by atoms with Gasteiger partial charge in [0.1, 0.15) is 0 Å². The molecular formula is C16H18N2O3. The van der Waals surface area contributed by atoms with Crippen LogP contribution in [0.3, 0.4) is 0 Å². The van der Waals surface area contributed by atoms with E-state index in [-0.39, 0.29) is 11.7 Å². The van der Waals surface area contributed by atoms with Crippen molar-refractivity contribution in [2.45, 2.75) is 6.92 Å². The van der Waals surface area contributed by atoms with Gasteiger partial charge in [-0.25, -0.2) is 0 Å². The zero-order chi connectivity index (χ0) is 15.4. The Morgan fingerprint density at radius 2 is 1.90 bits per heavy atom. The summed E-state index contributed by atoms with van der Waals surface area (Å²) in [4.78, 5) is 14.2. The number of methoxy groups -OCH3 is 1. The van der Waals surface area contributed by atoms with Crippen molar-refractivity contribution in [3.8, 4) is 11.5 Å². The number of aromatic hydroxyl groups is 1. The second-order valence-corrected chi connectivity index (χ2v) is 4.53. The lowest BCUT2D eigenvalue weighted by Gasteiger charge is -2.21. The number of carbonyl (C=O) groups excluding carboxylic acids is 1. The number of carbonyl (C=O) groups is 1. The SMILES string of the molecule is CCN(C(=O)c1ccc(OC)c(O)c1)c1ccc(N)cc1. The largest absolute Gasteiger partial charge is 0.504 e. The van der Waals surface area contributed by atoms with Gasteiger partial charge in [0.15, 0.2) is 11.5 Å². The fourth-order valence-corrected chi connectivity index (χ4v) is 2.08. The van der Waals surface area contributed by atoms with Crippen LogP contribution < -0.4 is 15.4 Å². The molecule has 21 heavy (non-hydrogen) atoms. The highest BCUT2D eigenvalue weighted by molar-refractivity contribution is 6.06. The lowest BCUT2D eigenvalue weighted by molar-refractivity contribution is 0.0988. The molecule has 5 heteroatoms. The highest BCUT2D eigenvalue weighted by Crippen LogP contribution is 2.27. The highest BCUT2D eigenvalue weighted by Gasteiger charge is 2.17. The lowest BCUT2D eigenvalue weighted by Crippen LogP contribution is -2.30. The van der Waals surface area contributed by atoms with Crippen LogP contribution in [0.2, 0.25) is 0 Å². The molecular weight excluding hydrogens is 268 g/mol. The van der Waals surface area contributed by atoms with Crippen LogP contribution in [0.5, 0.6) is 11.5 Å². The molecule has 5 nitrogen and oxygen atoms in total. The maximum Gasteiger partial charge on any atom is 0.258 e. The average Bonchev–Trinajstić information content (AvgIpc) is 2.49. The van der Waals surface area contributed by atoms with Crippen LogP contribution in [0, 0.1) is 0 Å². The van der Waals surface area contributed by atoms with Crippen LogP contribution >= 0.6 is 0 Å². The molecule has 0 spiro atoms. The summed E-state index contributed by atoms with van der Waals surface area (Å²) in [5, 5.41) is 9.79. The summed E-state index contributed by atoms with van der Waals surface area (Å²) in [5.41, 5.74) is 7.45. The van der Waals surface area contributed by atoms with Gasteiger partial charge in [0.25, 0.3) is 5.91 Å². The van der Waals surface area contributed by atoms with E-state index in [0.717, 1.165) is 5.69 Å². The van der Waals surface area contributed by atoms with Crippen LogP contribution in [0.15, 0.2) is 42.5 Å². The Hall–Kier alpha value is -2.69. The lowest BCUT2D eigenvalue weighted by atomic mass is 10.1. The number of phenolic OH excluding ortho intramolecular Hbond substituents is 1. The molecule has 0 radical (unpaired) electrons. The molecule has 110 valence electrons. The average molecular weight is 286 g/mol. The third-order valence-corrected chi connectivity index (χ3v) is 3.19. The minimum absolute atomic E-state index is 0.0586. The van der Waals surface area contributed by atoms with E-state index in [2.05, 4.69) is 0 Å². The molecule has 0 bridgehead atoms. The first-order valence-corrected chi connectivity index (χ1v) is 6.61. The van der Waals surface area contributed by atoms with Crippen LogP contribution in [0.4, 0.5) is 11.4 Å². The van der Waals surface area contributed by atoms with Gasteiger partial charge < -0.3 is 20.5 Å². The van der Waals surface area contributed by atoms with Crippen LogP contribution in [-0.4, -0.2) is 24.7 Å². The zero-order valence-electron chi connectivity index (χ0n) is 12.0. The molecule has 3 N–H and O–H groups in total. The zero-order valence-corrected chi connectivity index (χ0v) is 12.0. The molecule has 0 saturated carbocycles. The Labute approximate surface area is 123 Å². The predicted molar refractivity (Wildman–Crippen MR) is 82.9 cm³/mol. The van der Waals surface area contributed by atoms with Gasteiger partial charge in [0, 0.05) is 23.5 Å². The standard InChI is InChI=1S/C16H18N2O3/c1-3-18(13-7-5-12(17)6-8-13)16(20)11-4-9-15(21-2)14(19)10-11/h4-10,19H,3,17H2,1-2H3. The second-order valence-electron chi connectivity index (χ2n) is 4.53. The number of anilines is 2. The van der Waals surface area contributed by atoms with Gasteiger partial charge in [-0.2, -0.15) is 0 Å². The summed E-state index contributed by atoms with van der Waals surface area (Å²) in [6.07, 6.45) is 0. The van der Waals surface area contributed by atoms with E-state index < -0.39 is 0 Å². The Morgan fingerprint density at radius 1 is 1.24 bits per heavy atom. The number of nitrogens with zero attached hydrogens (tertiary/aromatic N) is 1. The molecule has 0 unspecified atom stereocenters. The first kappa shape index (κ1) is 14.7. The van der Waals surface area contributed by atoms with Gasteiger partial charge in [0.05, 0.1) is 7.11 Å². The molecule has 0 aliphatic carbocycles. The van der Waals surface area contributed by atoms with E-state index in [9.17, 15) is 9.90 Å². The van der Waals surface area contributed by atoms with Crippen LogP contribution in [-0.2, 0) is 0 Å². The van der Waals surface area contributed by atoms with Gasteiger partial charge in [0.2, 0.25) is 0 Å². The maximum absolute atomic E-state index is 12.6. The number of ether oxygens (including phenoxy) is 1. The minimum Gasteiger partial charge on any atom is -0.504 e. The number of benzene rings is 2. The number of nitrogen functional groups attached to an aromatic ring is 1. The number of hydrogen-bond acceptors (Lipinski definition) is 4. The van der Waals surface area contributed by atoms with E-state index >= 15 is 0 Å². The molecule has 0 fully saturated rings. The van der Waals surface area contributed by atoms with Crippen molar-refractivity contribution in [1.29, 1.82) is 0 Å². The number of phenols is 1. The third-order valence-electron chi connectivity index (χ3n) is 3.19. The van der Waals surface area contributed by atoms with Crippen molar-refractivity contribution in [3.05, 3.63) is 48.0 Å². The van der Waals surface area contributed by atoms with Crippen molar-refractivity contribution >= 4 is 17.3 Å². The predicted octanol–water partition coefficient (Wildman–Crippen LogP) is 2.65. The molecule has 0 saturated heterocycles. The fraction of sp³-hybridized carbons (Fsp3) is 0.188. The van der Waals surface area contributed by atoms with Crippen molar-refractivity contribution in [1.82, 2.24) is 0 Å². The summed E-state index contributed by atoms with van der Waals surface area (Å²) in [6, 6.07) is 11.7. The topological polar surface area (TPSA) is 75.8 Å². The summed E-state index contributed by atoms with van der Waals surface area (Å²) >= 11 is 0. The van der Waals surface area contributed by atoms with Gasteiger partial charge in [-0.05, 0) is 49.4 Å². The molecule has 0 aromatic heterocycles. The minimum atomic E-state index is -0.194. The molecule has 2 aromatic rings. The first-order valence-electron chi connectivity index (χ1n) is 6.61. The van der Waals surface area contributed by atoms with Gasteiger partial charge in [-0.1, -0.05) is 0 Å². The number of rotatable bonds is 4. The Balaban J connectivity index is 2.32. The fourth-order valence-electron chi connectivity index (χ4n) is 2.08. The highest BCUT2D eigenvalue weighted by atomic mass is 16.5. The maximum atomic E-state index is 12.6. The van der Waals surface area contributed by atoms with Crippen molar-refractivity contribution in [2.24, 2.45) is 0 Å². The van der Waals surface area contributed by atoms with E-state index in [0.29, 0.717) is 23.5 Å². The molecule has 0 aliphatic rings. The third kappa shape index (κ3) is 3.08. The molecule has 0 aliphatic heterocycles. The normalized spacial score (nSPS) is 10.2. The summed E-state index contributed by atoms with van der Waals surface area (Å²) in [6.45, 7) is 2.40. The first-order chi connectivity index (χ1) is 10.1. The molecule has 0 atom stereocenters. The quantitative estimate of drug-likeness (QED) is 0.847. The van der Waals surface area contributed by atoms with E-state index in [1.165, 1.54) is 13.2 Å². The van der Waals surface area contributed by atoms with Crippen LogP contribution in [0.1, 0.15) is 17.3 Å². The summed E-state index contributed by atoms with van der Waals surface area (Å²) in [5.74, 6) is 0.0824. The Bertz CT molecular complexity index is 638. The molecule has 2 rings (SSSR count). The smallest absolute Gasteiger partial charge is 0.258 e. The number of nitrogens with two attached hydrogens (primary N) is 1. The molecule has 2 aromatic carbocycles. The molecule has 0 heterocycles. The Morgan fingerprint density at radius 3 is 2.43 bits per heavy atom. The van der Waals surface area contributed by atoms with Crippen molar-refractivity contribution < 1.29 is 14.6 Å². The van der Waals surface area contributed by atoms with Crippen molar-refractivity contribution in [2.75, 3.05) is 24.3 Å². The van der Waals surface area contributed by atoms with Gasteiger partial charge in [-0.15, -0.1) is 0 Å². The van der Waals surface area contributed by atoms with E-state index in [1.54, 1.807) is 41.3 Å². The van der Waals surface area contributed by atoms with E-state index in [1.807, 2.05) is 6.92 Å². The second kappa shape index (κ2) is 6.17. The monoisotopic (exact) mass is 286 g/mol. The van der Waals surface area contributed by atoms with Crippen molar-refractivity contribution in [3.63, 3.8) is 0 Å². The number of amides is 1. The van der Waals surface area contributed by atoms with Crippen LogP contribution in [0.25, 0.3) is 0 Å². The van der Waals surface area contributed by atoms with Gasteiger partial charge in [-0.3, -0.25) is 4.79 Å². The summed E-state index contributed by atoms with van der Waals surface area (Å²) in [7, 11) is 1.46.